The van der Waals surface area contributed by atoms with Crippen molar-refractivity contribution < 1.29 is 14.5 Å². The Balaban J connectivity index is 2.23. The van der Waals surface area contributed by atoms with E-state index in [9.17, 15) is 4.79 Å². The van der Waals surface area contributed by atoms with Crippen molar-refractivity contribution in [2.24, 2.45) is 0 Å². The minimum atomic E-state index is -0.861. The Morgan fingerprint density at radius 2 is 2.06 bits per heavy atom. The normalized spacial score (nSPS) is 10.0. The fourth-order valence-electron chi connectivity index (χ4n) is 1.35. The first-order chi connectivity index (χ1) is 7.75. The highest BCUT2D eigenvalue weighted by Crippen LogP contribution is 2.12. The lowest BCUT2D eigenvalue weighted by atomic mass is 10.2. The Labute approximate surface area is 92.0 Å². The van der Waals surface area contributed by atoms with Crippen molar-refractivity contribution in [2.45, 2.75) is 6.54 Å². The summed E-state index contributed by atoms with van der Waals surface area (Å²) in [5.74, 6) is -0.861. The summed E-state index contributed by atoms with van der Waals surface area (Å²) < 4.78 is 1.59. The third-order valence-electron chi connectivity index (χ3n) is 2.09. The number of nitrogens with zero attached hydrogens (tertiary/aromatic N) is 3. The molecule has 0 spiro atoms. The van der Waals surface area contributed by atoms with Crippen LogP contribution in [0, 0.1) is 0 Å². The first-order valence-electron chi connectivity index (χ1n) is 4.73. The lowest BCUT2D eigenvalue weighted by Gasteiger charge is -1.98. The smallest absolute Gasteiger partial charge is 0.370 e. The minimum Gasteiger partial charge on any atom is -0.477 e. The molecular formula is C11H10N3O2+. The van der Waals surface area contributed by atoms with Crippen LogP contribution in [0.5, 0.6) is 0 Å². The number of hydrogen-bond acceptors (Lipinski definition) is 3. The maximum Gasteiger partial charge on any atom is 0.370 e. The van der Waals surface area contributed by atoms with Gasteiger partial charge in [0.15, 0.2) is 12.4 Å². The third-order valence-corrected chi connectivity index (χ3v) is 2.09. The molecule has 0 saturated heterocycles. The molecule has 2 heterocycles. The molecule has 0 bridgehead atoms. The van der Waals surface area contributed by atoms with E-state index in [0.717, 1.165) is 11.3 Å². The standard InChI is InChI=1S/C11H9N3O2/c15-11(16)7-14-5-2-9(3-6-14)10-1-4-12-8-13-10/h1-6,8H,7H2/p+1. The number of carboxylic acid groups (broad SMARTS) is 1. The molecule has 0 amide bonds. The van der Waals surface area contributed by atoms with Crippen molar-refractivity contribution in [3.8, 4) is 11.3 Å². The van der Waals surface area contributed by atoms with Crippen LogP contribution in [0.25, 0.3) is 11.3 Å². The Morgan fingerprint density at radius 1 is 1.31 bits per heavy atom. The van der Waals surface area contributed by atoms with Crippen LogP contribution < -0.4 is 4.57 Å². The molecule has 0 atom stereocenters. The van der Waals surface area contributed by atoms with Crippen LogP contribution in [0.2, 0.25) is 0 Å². The lowest BCUT2D eigenvalue weighted by Crippen LogP contribution is -2.36. The van der Waals surface area contributed by atoms with E-state index in [1.165, 1.54) is 6.33 Å². The molecule has 0 aliphatic rings. The van der Waals surface area contributed by atoms with E-state index < -0.39 is 5.97 Å². The summed E-state index contributed by atoms with van der Waals surface area (Å²) in [5.41, 5.74) is 1.75. The van der Waals surface area contributed by atoms with Gasteiger partial charge in [-0.1, -0.05) is 0 Å². The second kappa shape index (κ2) is 4.48. The van der Waals surface area contributed by atoms with Gasteiger partial charge in [-0.3, -0.25) is 0 Å². The second-order valence-corrected chi connectivity index (χ2v) is 3.25. The SMILES string of the molecule is O=C(O)C[n+]1ccc(-c2ccncn2)cc1. The molecule has 80 valence electrons. The molecule has 2 rings (SSSR count). The number of hydrogen-bond donors (Lipinski definition) is 1. The lowest BCUT2D eigenvalue weighted by molar-refractivity contribution is -0.685. The van der Waals surface area contributed by atoms with E-state index in [4.69, 9.17) is 5.11 Å². The topological polar surface area (TPSA) is 67.0 Å². The van der Waals surface area contributed by atoms with E-state index >= 15 is 0 Å². The molecule has 5 heteroatoms. The summed E-state index contributed by atoms with van der Waals surface area (Å²) in [6.45, 7) is -0.0376. The predicted molar refractivity (Wildman–Crippen MR) is 55.3 cm³/mol. The summed E-state index contributed by atoms with van der Waals surface area (Å²) in [6, 6.07) is 5.45. The van der Waals surface area contributed by atoms with Crippen LogP contribution in [-0.2, 0) is 11.3 Å². The number of aromatic nitrogens is 3. The first-order valence-corrected chi connectivity index (χ1v) is 4.73. The van der Waals surface area contributed by atoms with Gasteiger partial charge in [0.05, 0.1) is 5.69 Å². The van der Waals surface area contributed by atoms with Crippen molar-refractivity contribution in [3.05, 3.63) is 43.1 Å². The maximum atomic E-state index is 10.5. The maximum absolute atomic E-state index is 10.5. The van der Waals surface area contributed by atoms with Crippen LogP contribution in [0.15, 0.2) is 43.1 Å². The van der Waals surface area contributed by atoms with Gasteiger partial charge in [0.2, 0.25) is 6.54 Å². The van der Waals surface area contributed by atoms with E-state index in [2.05, 4.69) is 9.97 Å². The van der Waals surface area contributed by atoms with Gasteiger partial charge in [0.1, 0.15) is 6.33 Å². The summed E-state index contributed by atoms with van der Waals surface area (Å²) in [4.78, 5) is 18.4. The zero-order valence-electron chi connectivity index (χ0n) is 8.45. The number of carboxylic acids is 1. The van der Waals surface area contributed by atoms with Gasteiger partial charge in [-0.05, 0) is 6.07 Å². The van der Waals surface area contributed by atoms with Crippen molar-refractivity contribution in [2.75, 3.05) is 0 Å². The molecule has 0 fully saturated rings. The number of rotatable bonds is 3. The third kappa shape index (κ3) is 2.38. The van der Waals surface area contributed by atoms with Gasteiger partial charge in [0, 0.05) is 23.9 Å². The molecule has 2 aromatic rings. The highest BCUT2D eigenvalue weighted by atomic mass is 16.4. The van der Waals surface area contributed by atoms with Gasteiger partial charge in [0.25, 0.3) is 0 Å². The molecular weight excluding hydrogens is 206 g/mol. The molecule has 0 saturated carbocycles. The van der Waals surface area contributed by atoms with Crippen molar-refractivity contribution in [1.82, 2.24) is 9.97 Å². The van der Waals surface area contributed by atoms with Crippen LogP contribution in [0.1, 0.15) is 0 Å². The summed E-state index contributed by atoms with van der Waals surface area (Å²) in [7, 11) is 0. The van der Waals surface area contributed by atoms with Crippen LogP contribution >= 0.6 is 0 Å². The zero-order valence-corrected chi connectivity index (χ0v) is 8.45. The summed E-state index contributed by atoms with van der Waals surface area (Å²) in [6.07, 6.45) is 6.57. The second-order valence-electron chi connectivity index (χ2n) is 3.25. The Kier molecular flexibility index (Phi) is 2.86. The number of aliphatic carboxylic acids is 1. The molecule has 0 unspecified atom stereocenters. The van der Waals surface area contributed by atoms with Gasteiger partial charge in [-0.25, -0.2) is 14.8 Å². The van der Waals surface area contributed by atoms with Crippen LogP contribution in [0.4, 0.5) is 0 Å². The fourth-order valence-corrected chi connectivity index (χ4v) is 1.35. The molecule has 5 nitrogen and oxygen atoms in total. The highest BCUT2D eigenvalue weighted by Gasteiger charge is 2.07. The largest absolute Gasteiger partial charge is 0.477 e. The van der Waals surface area contributed by atoms with E-state index in [-0.39, 0.29) is 6.54 Å². The van der Waals surface area contributed by atoms with Gasteiger partial charge in [-0.2, -0.15) is 4.57 Å². The molecule has 0 radical (unpaired) electrons. The summed E-state index contributed by atoms with van der Waals surface area (Å²) in [5, 5.41) is 8.61. The van der Waals surface area contributed by atoms with Gasteiger partial charge >= 0.3 is 5.97 Å². The number of pyridine rings is 1. The zero-order chi connectivity index (χ0) is 11.4. The van der Waals surface area contributed by atoms with Crippen LogP contribution in [-0.4, -0.2) is 21.0 Å². The fraction of sp³-hybridized carbons (Fsp3) is 0.0909. The van der Waals surface area contributed by atoms with Crippen molar-refractivity contribution in [1.29, 1.82) is 0 Å². The first kappa shape index (κ1) is 10.2. The molecule has 0 aliphatic heterocycles. The average Bonchev–Trinajstić information content (AvgIpc) is 2.30. The molecule has 0 aromatic carbocycles. The van der Waals surface area contributed by atoms with Gasteiger partial charge < -0.3 is 5.11 Å². The van der Waals surface area contributed by atoms with Crippen LogP contribution in [0.3, 0.4) is 0 Å². The number of carbonyl (C=O) groups is 1. The van der Waals surface area contributed by atoms with E-state index in [1.54, 1.807) is 29.2 Å². The monoisotopic (exact) mass is 216 g/mol. The minimum absolute atomic E-state index is 0.0376. The Hall–Kier alpha value is -2.30. The molecule has 2 aromatic heterocycles. The van der Waals surface area contributed by atoms with E-state index in [1.807, 2.05) is 12.1 Å². The van der Waals surface area contributed by atoms with Crippen molar-refractivity contribution in [3.63, 3.8) is 0 Å². The average molecular weight is 216 g/mol. The molecule has 16 heavy (non-hydrogen) atoms. The van der Waals surface area contributed by atoms with E-state index in [0.29, 0.717) is 0 Å². The molecule has 0 aliphatic carbocycles. The molecule has 1 N–H and O–H groups in total. The summed E-state index contributed by atoms with van der Waals surface area (Å²) >= 11 is 0. The Morgan fingerprint density at radius 3 is 2.62 bits per heavy atom. The highest BCUT2D eigenvalue weighted by molar-refractivity contribution is 5.64. The Bertz CT molecular complexity index is 482. The predicted octanol–water partition coefficient (Wildman–Crippen LogP) is 0.516. The van der Waals surface area contributed by atoms with Crippen molar-refractivity contribution >= 4 is 5.97 Å². The van der Waals surface area contributed by atoms with Gasteiger partial charge in [-0.15, -0.1) is 0 Å². The quantitative estimate of drug-likeness (QED) is 0.759.